The summed E-state index contributed by atoms with van der Waals surface area (Å²) in [5, 5.41) is 3.08. The summed E-state index contributed by atoms with van der Waals surface area (Å²) in [6.07, 6.45) is 4.47. The van der Waals surface area contributed by atoms with Gasteiger partial charge in [-0.1, -0.05) is 0 Å². The normalized spacial score (nSPS) is 9.70. The molecular formula is C6H12N4. The molecule has 0 aliphatic rings. The number of aromatic amines is 1. The smallest absolute Gasteiger partial charge is 0.200 e. The van der Waals surface area contributed by atoms with Gasteiger partial charge in [-0.15, -0.1) is 0 Å². The lowest BCUT2D eigenvalue weighted by molar-refractivity contribution is 0.867. The second-order valence-electron chi connectivity index (χ2n) is 2.01. The Morgan fingerprint density at radius 3 is 3.20 bits per heavy atom. The van der Waals surface area contributed by atoms with Crippen molar-refractivity contribution in [1.29, 1.82) is 0 Å². The maximum atomic E-state index is 5.30. The van der Waals surface area contributed by atoms with Crippen LogP contribution in [-0.2, 0) is 0 Å². The number of nitrogens with zero attached hydrogens (tertiary/aromatic N) is 1. The van der Waals surface area contributed by atoms with Gasteiger partial charge in [0.1, 0.15) is 0 Å². The van der Waals surface area contributed by atoms with Crippen molar-refractivity contribution < 1.29 is 0 Å². The van der Waals surface area contributed by atoms with Crippen molar-refractivity contribution in [3.63, 3.8) is 0 Å². The maximum absolute atomic E-state index is 5.30. The SMILES string of the molecule is NCCCNc1ncc[nH]1. The fourth-order valence-corrected chi connectivity index (χ4v) is 0.671. The molecular weight excluding hydrogens is 128 g/mol. The largest absolute Gasteiger partial charge is 0.356 e. The highest BCUT2D eigenvalue weighted by molar-refractivity contribution is 5.22. The van der Waals surface area contributed by atoms with E-state index in [0.29, 0.717) is 6.54 Å². The molecule has 0 spiro atoms. The minimum absolute atomic E-state index is 0.716. The average molecular weight is 140 g/mol. The number of hydrogen-bond acceptors (Lipinski definition) is 3. The van der Waals surface area contributed by atoms with Gasteiger partial charge in [0.05, 0.1) is 0 Å². The Morgan fingerprint density at radius 2 is 2.60 bits per heavy atom. The number of nitrogens with two attached hydrogens (primary N) is 1. The Balaban J connectivity index is 2.15. The van der Waals surface area contributed by atoms with Crippen molar-refractivity contribution >= 4 is 5.95 Å². The molecule has 1 rings (SSSR count). The molecule has 4 N–H and O–H groups in total. The van der Waals surface area contributed by atoms with Crippen LogP contribution in [0, 0.1) is 0 Å². The highest BCUT2D eigenvalue weighted by Gasteiger charge is 1.88. The first-order chi connectivity index (χ1) is 4.93. The second kappa shape index (κ2) is 3.90. The second-order valence-corrected chi connectivity index (χ2v) is 2.01. The minimum atomic E-state index is 0.716. The molecule has 0 saturated heterocycles. The third-order valence-electron chi connectivity index (χ3n) is 1.17. The Kier molecular flexibility index (Phi) is 2.76. The quantitative estimate of drug-likeness (QED) is 0.522. The molecule has 0 atom stereocenters. The van der Waals surface area contributed by atoms with Crippen molar-refractivity contribution in [1.82, 2.24) is 9.97 Å². The molecule has 0 saturated carbocycles. The van der Waals surface area contributed by atoms with Gasteiger partial charge in [0, 0.05) is 18.9 Å². The number of anilines is 1. The van der Waals surface area contributed by atoms with Crippen LogP contribution in [0.25, 0.3) is 0 Å². The summed E-state index contributed by atoms with van der Waals surface area (Å²) in [6.45, 7) is 1.59. The minimum Gasteiger partial charge on any atom is -0.356 e. The summed E-state index contributed by atoms with van der Waals surface area (Å²) in [4.78, 5) is 6.91. The van der Waals surface area contributed by atoms with Gasteiger partial charge in [0.25, 0.3) is 0 Å². The molecule has 4 heteroatoms. The van der Waals surface area contributed by atoms with Gasteiger partial charge in [0.15, 0.2) is 5.95 Å². The fourth-order valence-electron chi connectivity index (χ4n) is 0.671. The summed E-state index contributed by atoms with van der Waals surface area (Å²) >= 11 is 0. The molecule has 1 heterocycles. The highest BCUT2D eigenvalue weighted by Crippen LogP contribution is 1.93. The molecule has 56 valence electrons. The predicted octanol–water partition coefficient (Wildman–Crippen LogP) is 0.170. The van der Waals surface area contributed by atoms with Crippen LogP contribution in [-0.4, -0.2) is 23.1 Å². The van der Waals surface area contributed by atoms with Gasteiger partial charge in [0.2, 0.25) is 0 Å². The maximum Gasteiger partial charge on any atom is 0.200 e. The zero-order chi connectivity index (χ0) is 7.23. The molecule has 1 aromatic rings. The number of aromatic nitrogens is 2. The topological polar surface area (TPSA) is 66.7 Å². The number of rotatable bonds is 4. The van der Waals surface area contributed by atoms with E-state index in [9.17, 15) is 0 Å². The fraction of sp³-hybridized carbons (Fsp3) is 0.500. The first-order valence-electron chi connectivity index (χ1n) is 3.37. The molecule has 10 heavy (non-hydrogen) atoms. The van der Waals surface area contributed by atoms with Crippen molar-refractivity contribution in [2.24, 2.45) is 5.73 Å². The van der Waals surface area contributed by atoms with E-state index in [4.69, 9.17) is 5.73 Å². The molecule has 0 aliphatic heterocycles. The number of imidazole rings is 1. The van der Waals surface area contributed by atoms with Crippen LogP contribution in [0.4, 0.5) is 5.95 Å². The van der Waals surface area contributed by atoms with E-state index in [0.717, 1.165) is 18.9 Å². The summed E-state index contributed by atoms with van der Waals surface area (Å²) in [6, 6.07) is 0. The van der Waals surface area contributed by atoms with Gasteiger partial charge in [-0.2, -0.15) is 0 Å². The van der Waals surface area contributed by atoms with Gasteiger partial charge >= 0.3 is 0 Å². The monoisotopic (exact) mass is 140 g/mol. The van der Waals surface area contributed by atoms with Crippen molar-refractivity contribution in [3.8, 4) is 0 Å². The van der Waals surface area contributed by atoms with Gasteiger partial charge < -0.3 is 16.0 Å². The molecule has 0 aromatic carbocycles. The number of nitrogens with one attached hydrogen (secondary N) is 2. The van der Waals surface area contributed by atoms with E-state index in [2.05, 4.69) is 15.3 Å². The van der Waals surface area contributed by atoms with Crippen LogP contribution < -0.4 is 11.1 Å². The third-order valence-corrected chi connectivity index (χ3v) is 1.17. The first-order valence-corrected chi connectivity index (χ1v) is 3.37. The van der Waals surface area contributed by atoms with Crippen LogP contribution >= 0.6 is 0 Å². The molecule has 0 radical (unpaired) electrons. The zero-order valence-electron chi connectivity index (χ0n) is 5.80. The van der Waals surface area contributed by atoms with Gasteiger partial charge in [-0.3, -0.25) is 0 Å². The van der Waals surface area contributed by atoms with E-state index < -0.39 is 0 Å². The first kappa shape index (κ1) is 7.08. The predicted molar refractivity (Wildman–Crippen MR) is 40.7 cm³/mol. The van der Waals surface area contributed by atoms with Crippen LogP contribution in [0.3, 0.4) is 0 Å². The van der Waals surface area contributed by atoms with E-state index >= 15 is 0 Å². The van der Waals surface area contributed by atoms with Crippen molar-refractivity contribution in [2.75, 3.05) is 18.4 Å². The average Bonchev–Trinajstić information content (AvgIpc) is 2.41. The summed E-state index contributed by atoms with van der Waals surface area (Å²) in [5.74, 6) is 0.813. The summed E-state index contributed by atoms with van der Waals surface area (Å²) in [7, 11) is 0. The standard InChI is InChI=1S/C6H12N4/c7-2-1-3-8-6-9-4-5-10-6/h4-5H,1-3,7H2,(H2,8,9,10). The van der Waals surface area contributed by atoms with Crippen LogP contribution in [0.5, 0.6) is 0 Å². The molecule has 0 bridgehead atoms. The summed E-state index contributed by atoms with van der Waals surface area (Å²) < 4.78 is 0. The zero-order valence-corrected chi connectivity index (χ0v) is 5.80. The van der Waals surface area contributed by atoms with Crippen molar-refractivity contribution in [3.05, 3.63) is 12.4 Å². The van der Waals surface area contributed by atoms with Crippen LogP contribution in [0.2, 0.25) is 0 Å². The Bertz CT molecular complexity index is 158. The lowest BCUT2D eigenvalue weighted by Crippen LogP contribution is -2.08. The number of hydrogen-bond donors (Lipinski definition) is 3. The van der Waals surface area contributed by atoms with E-state index in [1.807, 2.05) is 0 Å². The lowest BCUT2D eigenvalue weighted by atomic mass is 10.4. The third kappa shape index (κ3) is 2.06. The van der Waals surface area contributed by atoms with Crippen LogP contribution in [0.1, 0.15) is 6.42 Å². The van der Waals surface area contributed by atoms with E-state index in [-0.39, 0.29) is 0 Å². The Morgan fingerprint density at radius 1 is 1.70 bits per heavy atom. The van der Waals surface area contributed by atoms with E-state index in [1.54, 1.807) is 12.4 Å². The molecule has 0 fully saturated rings. The lowest BCUT2D eigenvalue weighted by Gasteiger charge is -1.98. The molecule has 0 unspecified atom stereocenters. The van der Waals surface area contributed by atoms with Crippen molar-refractivity contribution in [2.45, 2.75) is 6.42 Å². The molecule has 0 amide bonds. The highest BCUT2D eigenvalue weighted by atomic mass is 15.1. The Labute approximate surface area is 59.8 Å². The Hall–Kier alpha value is -1.03. The summed E-state index contributed by atoms with van der Waals surface area (Å²) in [5.41, 5.74) is 5.30. The van der Waals surface area contributed by atoms with Crippen LogP contribution in [0.15, 0.2) is 12.4 Å². The van der Waals surface area contributed by atoms with Gasteiger partial charge in [-0.05, 0) is 13.0 Å². The molecule has 4 nitrogen and oxygen atoms in total. The van der Waals surface area contributed by atoms with Gasteiger partial charge in [-0.25, -0.2) is 4.98 Å². The molecule has 1 aromatic heterocycles. The number of H-pyrrole nitrogens is 1. The van der Waals surface area contributed by atoms with E-state index in [1.165, 1.54) is 0 Å². The molecule has 0 aliphatic carbocycles.